The largest absolute Gasteiger partial charge is 0.454 e. The van der Waals surface area contributed by atoms with Crippen LogP contribution in [0.3, 0.4) is 0 Å². The van der Waals surface area contributed by atoms with Gasteiger partial charge in [-0.25, -0.2) is 4.79 Å². The summed E-state index contributed by atoms with van der Waals surface area (Å²) in [5.74, 6) is -1.89. The highest BCUT2D eigenvalue weighted by Crippen LogP contribution is 2.24. The van der Waals surface area contributed by atoms with Crippen LogP contribution in [0.2, 0.25) is 0 Å². The van der Waals surface area contributed by atoms with Crippen LogP contribution in [-0.4, -0.2) is 47.4 Å². The van der Waals surface area contributed by atoms with E-state index in [1.807, 2.05) is 6.07 Å². The topological polar surface area (TPSA) is 129 Å². The van der Waals surface area contributed by atoms with Crippen molar-refractivity contribution in [1.82, 2.24) is 10.2 Å². The van der Waals surface area contributed by atoms with Gasteiger partial charge in [-0.1, -0.05) is 26.0 Å². The highest BCUT2D eigenvalue weighted by atomic mass is 16.5. The first kappa shape index (κ1) is 20.9. The predicted octanol–water partition coefficient (Wildman–Crippen LogP) is 1.34. The molecule has 1 aromatic carbocycles. The molecular formula is C19H22N4O5. The minimum absolute atomic E-state index is 0.270. The smallest absolute Gasteiger partial charge is 0.326 e. The maximum Gasteiger partial charge on any atom is 0.326 e. The van der Waals surface area contributed by atoms with E-state index in [0.717, 1.165) is 10.5 Å². The van der Waals surface area contributed by atoms with E-state index in [4.69, 9.17) is 10.00 Å². The number of anilines is 1. The zero-order valence-corrected chi connectivity index (χ0v) is 15.8. The summed E-state index contributed by atoms with van der Waals surface area (Å²) in [5, 5.41) is 13.8. The molecule has 0 spiro atoms. The molecule has 1 aromatic rings. The average Bonchev–Trinajstić information content (AvgIpc) is 2.93. The Morgan fingerprint density at radius 2 is 1.86 bits per heavy atom. The maximum atomic E-state index is 12.4. The summed E-state index contributed by atoms with van der Waals surface area (Å²) in [6.45, 7) is 2.46. The molecular weight excluding hydrogens is 364 g/mol. The summed E-state index contributed by atoms with van der Waals surface area (Å²) < 4.78 is 4.86. The number of nitrogens with one attached hydrogen (secondary N) is 2. The van der Waals surface area contributed by atoms with Crippen LogP contribution >= 0.6 is 0 Å². The number of urea groups is 1. The van der Waals surface area contributed by atoms with Gasteiger partial charge < -0.3 is 15.4 Å². The quantitative estimate of drug-likeness (QED) is 0.512. The highest BCUT2D eigenvalue weighted by Gasteiger charge is 2.49. The van der Waals surface area contributed by atoms with Gasteiger partial charge in [0.05, 0.1) is 12.5 Å². The van der Waals surface area contributed by atoms with E-state index in [9.17, 15) is 19.2 Å². The van der Waals surface area contributed by atoms with Crippen molar-refractivity contribution >= 4 is 29.5 Å². The molecule has 1 fully saturated rings. The number of esters is 1. The number of hydrogen-bond acceptors (Lipinski definition) is 6. The molecule has 1 aliphatic rings. The molecule has 148 valence electrons. The number of nitriles is 1. The van der Waals surface area contributed by atoms with Gasteiger partial charge in [0.1, 0.15) is 12.1 Å². The van der Waals surface area contributed by atoms with Crippen molar-refractivity contribution < 1.29 is 23.9 Å². The molecule has 0 radical (unpaired) electrons. The third kappa shape index (κ3) is 4.65. The van der Waals surface area contributed by atoms with Gasteiger partial charge in [0.2, 0.25) is 0 Å². The molecule has 28 heavy (non-hydrogen) atoms. The Balaban J connectivity index is 1.83. The summed E-state index contributed by atoms with van der Waals surface area (Å²) >= 11 is 0. The number of hydrogen-bond donors (Lipinski definition) is 2. The monoisotopic (exact) mass is 386 g/mol. The van der Waals surface area contributed by atoms with Crippen molar-refractivity contribution in [3.05, 3.63) is 29.8 Å². The van der Waals surface area contributed by atoms with Gasteiger partial charge >= 0.3 is 12.0 Å². The van der Waals surface area contributed by atoms with E-state index in [0.29, 0.717) is 18.5 Å². The van der Waals surface area contributed by atoms with Gasteiger partial charge in [0, 0.05) is 5.69 Å². The van der Waals surface area contributed by atoms with E-state index in [1.54, 1.807) is 38.1 Å². The molecule has 4 amide bonds. The molecule has 9 nitrogen and oxygen atoms in total. The summed E-state index contributed by atoms with van der Waals surface area (Å²) in [6, 6.07) is 8.05. The lowest BCUT2D eigenvalue weighted by molar-refractivity contribution is -0.150. The van der Waals surface area contributed by atoms with Crippen LogP contribution < -0.4 is 10.6 Å². The molecule has 0 aliphatic carbocycles. The van der Waals surface area contributed by atoms with E-state index < -0.39 is 42.5 Å². The molecule has 1 saturated heterocycles. The van der Waals surface area contributed by atoms with E-state index in [2.05, 4.69) is 10.6 Å². The molecule has 2 rings (SSSR count). The first-order valence-corrected chi connectivity index (χ1v) is 8.90. The van der Waals surface area contributed by atoms with Crippen LogP contribution in [0.5, 0.6) is 0 Å². The second kappa shape index (κ2) is 8.99. The third-order valence-electron chi connectivity index (χ3n) is 4.63. The Kier molecular flexibility index (Phi) is 6.71. The molecule has 0 bridgehead atoms. The first-order valence-electron chi connectivity index (χ1n) is 8.90. The molecule has 2 N–H and O–H groups in total. The van der Waals surface area contributed by atoms with Gasteiger partial charge in [-0.05, 0) is 30.5 Å². The summed E-state index contributed by atoms with van der Waals surface area (Å²) in [4.78, 5) is 49.1. The standard InChI is InChI=1S/C19H22N4O5/c1-3-19(4-2)17(26)23(18(27)22-19)11-16(25)28-12-15(24)21-14-7-5-13(6-8-14)9-10-20/h5-8H,3-4,9,11-12H2,1-2H3,(H,21,24)(H,22,27). The normalized spacial score (nSPS) is 15.0. The fourth-order valence-corrected chi connectivity index (χ4v) is 2.86. The lowest BCUT2D eigenvalue weighted by atomic mass is 9.93. The molecule has 1 heterocycles. The van der Waals surface area contributed by atoms with E-state index >= 15 is 0 Å². The number of amides is 4. The first-order chi connectivity index (χ1) is 13.3. The van der Waals surface area contributed by atoms with Crippen molar-refractivity contribution in [2.24, 2.45) is 0 Å². The van der Waals surface area contributed by atoms with Gasteiger partial charge in [0.15, 0.2) is 6.61 Å². The zero-order valence-electron chi connectivity index (χ0n) is 15.8. The van der Waals surface area contributed by atoms with Crippen LogP contribution in [0.25, 0.3) is 0 Å². The number of carbonyl (C=O) groups is 4. The zero-order chi connectivity index (χ0) is 20.7. The van der Waals surface area contributed by atoms with Crippen LogP contribution in [0.15, 0.2) is 24.3 Å². The van der Waals surface area contributed by atoms with E-state index in [1.165, 1.54) is 0 Å². The molecule has 0 saturated carbocycles. The summed E-state index contributed by atoms with van der Waals surface area (Å²) in [5.41, 5.74) is 0.315. The predicted molar refractivity (Wildman–Crippen MR) is 98.9 cm³/mol. The van der Waals surface area contributed by atoms with Crippen molar-refractivity contribution in [1.29, 1.82) is 5.26 Å². The fraction of sp³-hybridized carbons (Fsp3) is 0.421. The Labute approximate surface area is 162 Å². The molecule has 9 heteroatoms. The Bertz CT molecular complexity index is 809. The maximum absolute atomic E-state index is 12.4. The number of imide groups is 1. The summed E-state index contributed by atoms with van der Waals surface area (Å²) in [7, 11) is 0. The molecule has 1 aliphatic heterocycles. The highest BCUT2D eigenvalue weighted by molar-refractivity contribution is 6.08. The number of rotatable bonds is 8. The number of benzene rings is 1. The SMILES string of the molecule is CCC1(CC)NC(=O)N(CC(=O)OCC(=O)Nc2ccc(CC#N)cc2)C1=O. The molecule has 0 aromatic heterocycles. The lowest BCUT2D eigenvalue weighted by Crippen LogP contribution is -2.46. The average molecular weight is 386 g/mol. The Morgan fingerprint density at radius 3 is 2.39 bits per heavy atom. The van der Waals surface area contributed by atoms with Crippen molar-refractivity contribution in [2.45, 2.75) is 38.6 Å². The number of nitrogens with zero attached hydrogens (tertiary/aromatic N) is 2. The van der Waals surface area contributed by atoms with Crippen molar-refractivity contribution in [2.75, 3.05) is 18.5 Å². The Hall–Kier alpha value is -3.41. The molecule has 0 unspecified atom stereocenters. The number of ether oxygens (including phenoxy) is 1. The Morgan fingerprint density at radius 1 is 1.21 bits per heavy atom. The number of carbonyl (C=O) groups excluding carboxylic acids is 4. The van der Waals surface area contributed by atoms with Crippen LogP contribution in [0.4, 0.5) is 10.5 Å². The molecule has 0 atom stereocenters. The minimum atomic E-state index is -0.994. The van der Waals surface area contributed by atoms with Gasteiger partial charge in [-0.2, -0.15) is 5.26 Å². The van der Waals surface area contributed by atoms with Crippen LogP contribution in [0, 0.1) is 11.3 Å². The van der Waals surface area contributed by atoms with Gasteiger partial charge in [-0.15, -0.1) is 0 Å². The van der Waals surface area contributed by atoms with Gasteiger partial charge in [0.25, 0.3) is 11.8 Å². The second-order valence-electron chi connectivity index (χ2n) is 6.35. The third-order valence-corrected chi connectivity index (χ3v) is 4.63. The van der Waals surface area contributed by atoms with Crippen molar-refractivity contribution in [3.63, 3.8) is 0 Å². The second-order valence-corrected chi connectivity index (χ2v) is 6.35. The summed E-state index contributed by atoms with van der Waals surface area (Å²) in [6.07, 6.45) is 1.09. The van der Waals surface area contributed by atoms with Crippen LogP contribution in [0.1, 0.15) is 32.3 Å². The minimum Gasteiger partial charge on any atom is -0.454 e. The fourth-order valence-electron chi connectivity index (χ4n) is 2.86. The van der Waals surface area contributed by atoms with E-state index in [-0.39, 0.29) is 6.42 Å². The van der Waals surface area contributed by atoms with Gasteiger partial charge in [-0.3, -0.25) is 19.3 Å². The van der Waals surface area contributed by atoms with Crippen LogP contribution in [-0.2, 0) is 25.5 Å². The lowest BCUT2D eigenvalue weighted by Gasteiger charge is -2.22. The van der Waals surface area contributed by atoms with Crippen molar-refractivity contribution in [3.8, 4) is 6.07 Å².